The predicted octanol–water partition coefficient (Wildman–Crippen LogP) is 4.07. The third-order valence-corrected chi connectivity index (χ3v) is 6.43. The zero-order valence-electron chi connectivity index (χ0n) is 20.3. The molecule has 1 aliphatic rings. The van der Waals surface area contributed by atoms with Crippen LogP contribution in [0.4, 0.5) is 0 Å². The van der Waals surface area contributed by atoms with Crippen molar-refractivity contribution in [2.24, 2.45) is 0 Å². The molecule has 0 bridgehead atoms. The minimum absolute atomic E-state index is 0.0323. The first-order valence-corrected chi connectivity index (χ1v) is 11.7. The van der Waals surface area contributed by atoms with Gasteiger partial charge in [-0.25, -0.2) is 0 Å². The van der Waals surface area contributed by atoms with Gasteiger partial charge in [0.25, 0.3) is 11.8 Å². The Morgan fingerprint density at radius 2 is 1.74 bits per heavy atom. The lowest BCUT2D eigenvalue weighted by molar-refractivity contribution is 0.0783. The second kappa shape index (κ2) is 10.2. The summed E-state index contributed by atoms with van der Waals surface area (Å²) in [5.41, 5.74) is 5.87. The number of likely N-dealkylation sites (tertiary alicyclic amines) is 1. The van der Waals surface area contributed by atoms with Crippen LogP contribution in [-0.2, 0) is 6.54 Å². The fraction of sp³-hybridized carbons (Fsp3) is 0.321. The van der Waals surface area contributed by atoms with Gasteiger partial charge in [0, 0.05) is 48.7 Å². The topological polar surface area (TPSA) is 65.5 Å². The van der Waals surface area contributed by atoms with Crippen molar-refractivity contribution in [3.8, 4) is 11.1 Å². The van der Waals surface area contributed by atoms with E-state index in [0.717, 1.165) is 40.9 Å². The number of rotatable bonds is 6. The number of likely N-dealkylation sites (N-methyl/N-ethyl adjacent to an activating group) is 1. The predicted molar refractivity (Wildman–Crippen MR) is 135 cm³/mol. The van der Waals surface area contributed by atoms with E-state index in [4.69, 9.17) is 0 Å². The lowest BCUT2D eigenvalue weighted by Gasteiger charge is -2.21. The van der Waals surface area contributed by atoms with Gasteiger partial charge in [-0.3, -0.25) is 14.6 Å². The Kier molecular flexibility index (Phi) is 7.08. The van der Waals surface area contributed by atoms with E-state index < -0.39 is 0 Å². The van der Waals surface area contributed by atoms with Gasteiger partial charge in [0.05, 0.1) is 0 Å². The van der Waals surface area contributed by atoms with Crippen LogP contribution >= 0.6 is 0 Å². The van der Waals surface area contributed by atoms with E-state index in [2.05, 4.69) is 15.2 Å². The third kappa shape index (κ3) is 5.51. The molecule has 1 aromatic heterocycles. The first kappa shape index (κ1) is 23.6. The largest absolute Gasteiger partial charge is 0.348 e. The van der Waals surface area contributed by atoms with E-state index in [-0.39, 0.29) is 11.8 Å². The Hall–Kier alpha value is -3.51. The van der Waals surface area contributed by atoms with Gasteiger partial charge < -0.3 is 15.1 Å². The molecule has 0 aliphatic carbocycles. The summed E-state index contributed by atoms with van der Waals surface area (Å²) in [5, 5.41) is 2.97. The summed E-state index contributed by atoms with van der Waals surface area (Å²) in [4.78, 5) is 34.8. The van der Waals surface area contributed by atoms with Crippen LogP contribution < -0.4 is 5.32 Å². The van der Waals surface area contributed by atoms with Crippen molar-refractivity contribution in [3.63, 3.8) is 0 Å². The zero-order chi connectivity index (χ0) is 24.2. The fourth-order valence-corrected chi connectivity index (χ4v) is 4.21. The summed E-state index contributed by atoms with van der Waals surface area (Å²) in [7, 11) is 4.09. The summed E-state index contributed by atoms with van der Waals surface area (Å²) < 4.78 is 0. The lowest BCUT2D eigenvalue weighted by atomic mass is 9.98. The van der Waals surface area contributed by atoms with Crippen molar-refractivity contribution >= 4 is 11.8 Å². The molecule has 0 unspecified atom stereocenters. The normalized spacial score (nSPS) is 15.6. The van der Waals surface area contributed by atoms with Crippen molar-refractivity contribution in [2.75, 3.05) is 27.2 Å². The Balaban J connectivity index is 1.61. The Morgan fingerprint density at radius 1 is 1.00 bits per heavy atom. The second-order valence-electron chi connectivity index (χ2n) is 9.31. The maximum absolute atomic E-state index is 13.4. The van der Waals surface area contributed by atoms with Crippen molar-refractivity contribution in [2.45, 2.75) is 32.9 Å². The van der Waals surface area contributed by atoms with Crippen molar-refractivity contribution < 1.29 is 9.59 Å². The molecule has 3 aromatic rings. The van der Waals surface area contributed by atoms with E-state index in [9.17, 15) is 9.59 Å². The van der Waals surface area contributed by atoms with Crippen molar-refractivity contribution in [3.05, 3.63) is 88.7 Å². The highest BCUT2D eigenvalue weighted by Gasteiger charge is 2.28. The fourth-order valence-electron chi connectivity index (χ4n) is 4.21. The number of nitrogens with one attached hydrogen (secondary N) is 1. The maximum Gasteiger partial charge on any atom is 0.253 e. The summed E-state index contributed by atoms with van der Waals surface area (Å²) in [6, 6.07) is 17.8. The van der Waals surface area contributed by atoms with Crippen LogP contribution in [0.2, 0.25) is 0 Å². The van der Waals surface area contributed by atoms with Gasteiger partial charge in [0.2, 0.25) is 0 Å². The summed E-state index contributed by atoms with van der Waals surface area (Å²) in [5.74, 6) is -0.244. The molecule has 0 radical (unpaired) electrons. The Labute approximate surface area is 201 Å². The first-order valence-electron chi connectivity index (χ1n) is 11.7. The van der Waals surface area contributed by atoms with Crippen molar-refractivity contribution in [1.29, 1.82) is 0 Å². The van der Waals surface area contributed by atoms with Gasteiger partial charge in [-0.1, -0.05) is 35.9 Å². The molecule has 4 rings (SSSR count). The SMILES string of the molecule is Cc1ccc(-c2cc(C(=O)NCc3ccc(C)nc3)cc(C(=O)N3CC[C@@H](N(C)C)C3)c2)cc1. The van der Waals surface area contributed by atoms with Crippen LogP contribution in [0.15, 0.2) is 60.8 Å². The molecular weight excluding hydrogens is 424 g/mol. The minimum atomic E-state index is -0.212. The summed E-state index contributed by atoms with van der Waals surface area (Å²) in [6.07, 6.45) is 2.72. The molecule has 0 spiro atoms. The molecule has 0 saturated carbocycles. The molecule has 1 fully saturated rings. The van der Waals surface area contributed by atoms with Crippen LogP contribution in [-0.4, -0.2) is 59.8 Å². The number of pyridine rings is 1. The minimum Gasteiger partial charge on any atom is -0.348 e. The van der Waals surface area contributed by atoms with Gasteiger partial charge in [0.15, 0.2) is 0 Å². The van der Waals surface area contributed by atoms with Gasteiger partial charge in [0.1, 0.15) is 0 Å². The molecule has 176 valence electrons. The molecule has 2 amide bonds. The summed E-state index contributed by atoms with van der Waals surface area (Å²) in [6.45, 7) is 5.76. The quantitative estimate of drug-likeness (QED) is 0.607. The summed E-state index contributed by atoms with van der Waals surface area (Å²) >= 11 is 0. The molecule has 6 heteroatoms. The molecule has 1 atom stereocenters. The van der Waals surface area contributed by atoms with E-state index in [1.165, 1.54) is 0 Å². The van der Waals surface area contributed by atoms with E-state index >= 15 is 0 Å². The van der Waals surface area contributed by atoms with E-state index in [1.807, 2.05) is 81.4 Å². The van der Waals surface area contributed by atoms with E-state index in [0.29, 0.717) is 30.3 Å². The average molecular weight is 457 g/mol. The van der Waals surface area contributed by atoms with Crippen LogP contribution in [0.5, 0.6) is 0 Å². The number of nitrogens with zero attached hydrogens (tertiary/aromatic N) is 3. The third-order valence-electron chi connectivity index (χ3n) is 6.43. The molecule has 2 heterocycles. The first-order chi connectivity index (χ1) is 16.3. The van der Waals surface area contributed by atoms with Crippen LogP contribution in [0.3, 0.4) is 0 Å². The number of aromatic nitrogens is 1. The van der Waals surface area contributed by atoms with Crippen LogP contribution in [0, 0.1) is 13.8 Å². The Bertz CT molecular complexity index is 1170. The second-order valence-corrected chi connectivity index (χ2v) is 9.31. The highest BCUT2D eigenvalue weighted by atomic mass is 16.2. The highest BCUT2D eigenvalue weighted by Crippen LogP contribution is 2.25. The smallest absolute Gasteiger partial charge is 0.253 e. The number of hydrogen-bond acceptors (Lipinski definition) is 4. The number of amides is 2. The number of hydrogen-bond donors (Lipinski definition) is 1. The molecule has 1 N–H and O–H groups in total. The number of carbonyl (C=O) groups excluding carboxylic acids is 2. The van der Waals surface area contributed by atoms with E-state index in [1.54, 1.807) is 12.3 Å². The molecule has 1 saturated heterocycles. The number of benzene rings is 2. The zero-order valence-corrected chi connectivity index (χ0v) is 20.3. The number of aryl methyl sites for hydroxylation is 2. The van der Waals surface area contributed by atoms with Crippen molar-refractivity contribution in [1.82, 2.24) is 20.1 Å². The lowest BCUT2D eigenvalue weighted by Crippen LogP contribution is -2.34. The highest BCUT2D eigenvalue weighted by molar-refractivity contribution is 6.01. The monoisotopic (exact) mass is 456 g/mol. The maximum atomic E-state index is 13.4. The average Bonchev–Trinajstić information content (AvgIpc) is 3.34. The van der Waals surface area contributed by atoms with Gasteiger partial charge in [-0.2, -0.15) is 0 Å². The standard InChI is InChI=1S/C28H32N4O2/c1-19-5-9-22(10-6-19)23-13-24(27(33)30-17-21-8-7-20(2)29-16-21)15-25(14-23)28(34)32-12-11-26(18-32)31(3)4/h5-10,13-16,26H,11-12,17-18H2,1-4H3,(H,30,33)/t26-/m1/s1. The van der Waals surface area contributed by atoms with Crippen LogP contribution in [0.25, 0.3) is 11.1 Å². The molecule has 6 nitrogen and oxygen atoms in total. The molecule has 34 heavy (non-hydrogen) atoms. The van der Waals surface area contributed by atoms with Gasteiger partial charge in [-0.05, 0) is 75.3 Å². The Morgan fingerprint density at radius 3 is 2.38 bits per heavy atom. The van der Waals surface area contributed by atoms with Gasteiger partial charge in [-0.15, -0.1) is 0 Å². The van der Waals surface area contributed by atoms with Gasteiger partial charge >= 0.3 is 0 Å². The van der Waals surface area contributed by atoms with Crippen LogP contribution in [0.1, 0.15) is 44.0 Å². The molecular formula is C28H32N4O2. The molecule has 1 aliphatic heterocycles. The number of carbonyl (C=O) groups is 2. The molecule has 2 aromatic carbocycles.